The van der Waals surface area contributed by atoms with Crippen LogP contribution in [0, 0.1) is 6.92 Å². The SMILES string of the molecule is Cc1ccc2ncc(C(=O)N3CCC[C@H]3c3nncn3C)n2c1. The number of amides is 1. The van der Waals surface area contributed by atoms with Gasteiger partial charge in [0, 0.05) is 19.8 Å². The van der Waals surface area contributed by atoms with Crippen molar-refractivity contribution in [2.45, 2.75) is 25.8 Å². The van der Waals surface area contributed by atoms with Crippen LogP contribution in [0.4, 0.5) is 0 Å². The Morgan fingerprint density at radius 3 is 3.00 bits per heavy atom. The van der Waals surface area contributed by atoms with Crippen LogP contribution in [0.3, 0.4) is 0 Å². The molecule has 7 heteroatoms. The third-order valence-electron chi connectivity index (χ3n) is 4.43. The third-order valence-corrected chi connectivity index (χ3v) is 4.43. The van der Waals surface area contributed by atoms with E-state index in [2.05, 4.69) is 15.2 Å². The number of carbonyl (C=O) groups is 1. The lowest BCUT2D eigenvalue weighted by molar-refractivity contribution is 0.0721. The number of rotatable bonds is 2. The molecule has 0 radical (unpaired) electrons. The fourth-order valence-electron chi connectivity index (χ4n) is 3.26. The van der Waals surface area contributed by atoms with Crippen molar-refractivity contribution >= 4 is 11.6 Å². The van der Waals surface area contributed by atoms with Gasteiger partial charge in [-0.3, -0.25) is 9.20 Å². The molecule has 0 bridgehead atoms. The number of hydrogen-bond acceptors (Lipinski definition) is 4. The number of nitrogens with zero attached hydrogens (tertiary/aromatic N) is 6. The van der Waals surface area contributed by atoms with Gasteiger partial charge in [0.15, 0.2) is 5.82 Å². The summed E-state index contributed by atoms with van der Waals surface area (Å²) in [5.74, 6) is 0.828. The standard InChI is InChI=1S/C16H18N6O/c1-11-5-6-14-17-8-13(22(14)9-11)16(23)21-7-3-4-12(21)15-19-18-10-20(15)2/h5-6,8-10,12H,3-4,7H2,1-2H3/t12-/m0/s1. The van der Waals surface area contributed by atoms with Crippen LogP contribution in [0.1, 0.15) is 40.8 Å². The number of aromatic nitrogens is 5. The quantitative estimate of drug-likeness (QED) is 0.723. The second-order valence-electron chi connectivity index (χ2n) is 6.03. The predicted octanol–water partition coefficient (Wildman–Crippen LogP) is 1.75. The van der Waals surface area contributed by atoms with Crippen molar-refractivity contribution in [1.29, 1.82) is 0 Å². The summed E-state index contributed by atoms with van der Waals surface area (Å²) in [4.78, 5) is 19.3. The van der Waals surface area contributed by atoms with Crippen LogP contribution in [0.15, 0.2) is 30.9 Å². The molecule has 7 nitrogen and oxygen atoms in total. The molecule has 3 aromatic heterocycles. The second-order valence-corrected chi connectivity index (χ2v) is 6.03. The lowest BCUT2D eigenvalue weighted by atomic mass is 10.2. The van der Waals surface area contributed by atoms with E-state index in [1.807, 2.05) is 46.2 Å². The molecule has 1 fully saturated rings. The Kier molecular flexibility index (Phi) is 3.14. The van der Waals surface area contributed by atoms with Gasteiger partial charge in [0.2, 0.25) is 0 Å². The van der Waals surface area contributed by atoms with Crippen molar-refractivity contribution in [3.8, 4) is 0 Å². The molecule has 3 aromatic rings. The Morgan fingerprint density at radius 2 is 2.22 bits per heavy atom. The summed E-state index contributed by atoms with van der Waals surface area (Å²) < 4.78 is 3.75. The Morgan fingerprint density at radius 1 is 1.35 bits per heavy atom. The summed E-state index contributed by atoms with van der Waals surface area (Å²) in [5.41, 5.74) is 2.47. The van der Waals surface area contributed by atoms with Gasteiger partial charge in [-0.25, -0.2) is 4.98 Å². The summed E-state index contributed by atoms with van der Waals surface area (Å²) in [6, 6.07) is 3.90. The van der Waals surface area contributed by atoms with Gasteiger partial charge >= 0.3 is 0 Å². The first-order chi connectivity index (χ1) is 11.1. The zero-order valence-corrected chi connectivity index (χ0v) is 13.2. The molecule has 0 N–H and O–H groups in total. The molecular weight excluding hydrogens is 292 g/mol. The largest absolute Gasteiger partial charge is 0.327 e. The molecule has 4 heterocycles. The molecule has 0 aromatic carbocycles. The van der Waals surface area contributed by atoms with Crippen LogP contribution in [-0.2, 0) is 7.05 Å². The van der Waals surface area contributed by atoms with Gasteiger partial charge in [0.25, 0.3) is 5.91 Å². The van der Waals surface area contributed by atoms with E-state index in [1.165, 1.54) is 0 Å². The lowest BCUT2D eigenvalue weighted by Crippen LogP contribution is -2.32. The maximum Gasteiger partial charge on any atom is 0.273 e. The zero-order chi connectivity index (χ0) is 16.0. The van der Waals surface area contributed by atoms with Crippen molar-refractivity contribution in [2.24, 2.45) is 7.05 Å². The van der Waals surface area contributed by atoms with Gasteiger partial charge in [0.1, 0.15) is 17.7 Å². The lowest BCUT2D eigenvalue weighted by Gasteiger charge is -2.23. The van der Waals surface area contributed by atoms with E-state index >= 15 is 0 Å². The Bertz CT molecular complexity index is 880. The number of hydrogen-bond donors (Lipinski definition) is 0. The number of fused-ring (bicyclic) bond motifs is 1. The highest BCUT2D eigenvalue weighted by atomic mass is 16.2. The molecule has 1 aliphatic rings. The first-order valence-electron chi connectivity index (χ1n) is 7.74. The summed E-state index contributed by atoms with van der Waals surface area (Å²) >= 11 is 0. The Labute approximate surface area is 133 Å². The molecule has 1 saturated heterocycles. The van der Waals surface area contributed by atoms with E-state index in [0.29, 0.717) is 5.69 Å². The van der Waals surface area contributed by atoms with Crippen molar-refractivity contribution < 1.29 is 4.79 Å². The molecule has 0 unspecified atom stereocenters. The molecular formula is C16H18N6O. The van der Waals surface area contributed by atoms with E-state index in [1.54, 1.807) is 12.5 Å². The number of likely N-dealkylation sites (tertiary alicyclic amines) is 1. The number of aryl methyl sites for hydroxylation is 2. The van der Waals surface area contributed by atoms with Crippen LogP contribution in [-0.4, -0.2) is 41.5 Å². The summed E-state index contributed by atoms with van der Waals surface area (Å²) in [6.45, 7) is 2.74. The minimum atomic E-state index is -0.0228. The number of imidazole rings is 1. The van der Waals surface area contributed by atoms with Gasteiger partial charge in [-0.2, -0.15) is 0 Å². The topological polar surface area (TPSA) is 68.3 Å². The van der Waals surface area contributed by atoms with E-state index < -0.39 is 0 Å². The maximum atomic E-state index is 13.1. The van der Waals surface area contributed by atoms with Crippen LogP contribution >= 0.6 is 0 Å². The van der Waals surface area contributed by atoms with Crippen LogP contribution in [0.5, 0.6) is 0 Å². The molecule has 118 valence electrons. The minimum absolute atomic E-state index is 0.00593. The monoisotopic (exact) mass is 310 g/mol. The third kappa shape index (κ3) is 2.19. The average molecular weight is 310 g/mol. The maximum absolute atomic E-state index is 13.1. The van der Waals surface area contributed by atoms with E-state index in [-0.39, 0.29) is 11.9 Å². The highest BCUT2D eigenvalue weighted by Gasteiger charge is 2.34. The fraction of sp³-hybridized carbons (Fsp3) is 0.375. The van der Waals surface area contributed by atoms with Crippen LogP contribution in [0.2, 0.25) is 0 Å². The minimum Gasteiger partial charge on any atom is -0.327 e. The first-order valence-corrected chi connectivity index (χ1v) is 7.74. The zero-order valence-electron chi connectivity index (χ0n) is 13.2. The Balaban J connectivity index is 1.72. The van der Waals surface area contributed by atoms with Crippen LogP contribution in [0.25, 0.3) is 5.65 Å². The van der Waals surface area contributed by atoms with Crippen molar-refractivity contribution in [2.75, 3.05) is 6.54 Å². The summed E-state index contributed by atoms with van der Waals surface area (Å²) in [7, 11) is 1.91. The van der Waals surface area contributed by atoms with Crippen molar-refractivity contribution in [3.05, 3.63) is 47.9 Å². The summed E-state index contributed by atoms with van der Waals surface area (Å²) in [6.07, 6.45) is 7.16. The molecule has 4 rings (SSSR count). The fourth-order valence-corrected chi connectivity index (χ4v) is 3.26. The van der Waals surface area contributed by atoms with Gasteiger partial charge in [-0.05, 0) is 31.4 Å². The van der Waals surface area contributed by atoms with Gasteiger partial charge in [0.05, 0.1) is 12.2 Å². The molecule has 1 aliphatic heterocycles. The highest BCUT2D eigenvalue weighted by molar-refractivity contribution is 5.93. The normalized spacial score (nSPS) is 18.0. The Hall–Kier alpha value is -2.70. The number of carbonyl (C=O) groups excluding carboxylic acids is 1. The molecule has 1 atom stereocenters. The van der Waals surface area contributed by atoms with Crippen LogP contribution < -0.4 is 0 Å². The molecule has 0 saturated carbocycles. The van der Waals surface area contributed by atoms with E-state index in [4.69, 9.17) is 0 Å². The molecule has 23 heavy (non-hydrogen) atoms. The smallest absolute Gasteiger partial charge is 0.273 e. The van der Waals surface area contributed by atoms with Gasteiger partial charge in [-0.15, -0.1) is 10.2 Å². The number of pyridine rings is 1. The van der Waals surface area contributed by atoms with Crippen molar-refractivity contribution in [3.63, 3.8) is 0 Å². The average Bonchev–Trinajstić information content (AvgIpc) is 3.24. The molecule has 0 aliphatic carbocycles. The van der Waals surface area contributed by atoms with E-state index in [0.717, 1.165) is 36.4 Å². The van der Waals surface area contributed by atoms with E-state index in [9.17, 15) is 4.79 Å². The van der Waals surface area contributed by atoms with Gasteiger partial charge < -0.3 is 9.47 Å². The second kappa shape index (κ2) is 5.19. The molecule has 0 spiro atoms. The van der Waals surface area contributed by atoms with Crippen molar-refractivity contribution in [1.82, 2.24) is 29.0 Å². The summed E-state index contributed by atoms with van der Waals surface area (Å²) in [5, 5.41) is 8.13. The molecule has 1 amide bonds. The first kappa shape index (κ1) is 13.9. The van der Waals surface area contributed by atoms with Gasteiger partial charge in [-0.1, -0.05) is 6.07 Å². The predicted molar refractivity (Wildman–Crippen MR) is 83.9 cm³/mol. The highest BCUT2D eigenvalue weighted by Crippen LogP contribution is 2.31.